The molecular weight excluding hydrogens is 338 g/mol. The van der Waals surface area contributed by atoms with Crippen molar-refractivity contribution in [2.24, 2.45) is 10.9 Å². The molecule has 130 valence electrons. The Morgan fingerprint density at radius 1 is 1.50 bits per heavy atom. The van der Waals surface area contributed by atoms with Crippen LogP contribution in [0.5, 0.6) is 0 Å². The standard InChI is InChI=1S/C18H25N3OS2/c1-5-14-8-15(19-9-14)11-23-17-10-20-18(24-17)21-16(22)7-13(4)6-12(2)3/h9-10,13H,2,5-8,11H2,1,3-4H3,(H,20,21,22). The van der Waals surface area contributed by atoms with Gasteiger partial charge >= 0.3 is 0 Å². The molecule has 0 aromatic carbocycles. The van der Waals surface area contributed by atoms with Crippen LogP contribution in [0.1, 0.15) is 46.5 Å². The molecule has 1 amide bonds. The van der Waals surface area contributed by atoms with Crippen LogP contribution >= 0.6 is 23.1 Å². The lowest BCUT2D eigenvalue weighted by molar-refractivity contribution is -0.116. The Hall–Kier alpha value is -1.40. The van der Waals surface area contributed by atoms with Crippen LogP contribution in [0.2, 0.25) is 0 Å². The van der Waals surface area contributed by atoms with E-state index in [1.54, 1.807) is 11.8 Å². The summed E-state index contributed by atoms with van der Waals surface area (Å²) in [7, 11) is 0. The number of aliphatic imine (C=N–C) groups is 1. The van der Waals surface area contributed by atoms with Crippen molar-refractivity contribution < 1.29 is 4.79 Å². The molecular formula is C18H25N3OS2. The van der Waals surface area contributed by atoms with E-state index in [9.17, 15) is 4.79 Å². The molecule has 0 saturated carbocycles. The number of carbonyl (C=O) groups excluding carboxylic acids is 1. The molecule has 4 nitrogen and oxygen atoms in total. The number of thioether (sulfide) groups is 1. The van der Waals surface area contributed by atoms with Gasteiger partial charge in [-0.25, -0.2) is 4.98 Å². The van der Waals surface area contributed by atoms with E-state index in [0.29, 0.717) is 17.5 Å². The minimum Gasteiger partial charge on any atom is -0.302 e. The largest absolute Gasteiger partial charge is 0.302 e. The van der Waals surface area contributed by atoms with Crippen molar-refractivity contribution in [3.8, 4) is 0 Å². The van der Waals surface area contributed by atoms with Gasteiger partial charge in [-0.15, -0.1) is 18.3 Å². The van der Waals surface area contributed by atoms with Crippen LogP contribution in [-0.2, 0) is 4.79 Å². The van der Waals surface area contributed by atoms with E-state index in [2.05, 4.69) is 35.7 Å². The molecule has 0 radical (unpaired) electrons. The fraction of sp³-hybridized carbons (Fsp3) is 0.500. The van der Waals surface area contributed by atoms with Gasteiger partial charge in [-0.1, -0.05) is 30.8 Å². The zero-order valence-electron chi connectivity index (χ0n) is 14.6. The first kappa shape index (κ1) is 18.9. The van der Waals surface area contributed by atoms with Gasteiger partial charge in [0.1, 0.15) is 0 Å². The van der Waals surface area contributed by atoms with Gasteiger partial charge in [-0.2, -0.15) is 0 Å². The Kier molecular flexibility index (Phi) is 7.24. The van der Waals surface area contributed by atoms with Crippen molar-refractivity contribution in [1.82, 2.24) is 4.98 Å². The minimum absolute atomic E-state index is 0.0200. The highest BCUT2D eigenvalue weighted by molar-refractivity contribution is 8.01. The first-order valence-electron chi connectivity index (χ1n) is 8.22. The molecule has 0 saturated heterocycles. The molecule has 1 aliphatic heterocycles. The predicted molar refractivity (Wildman–Crippen MR) is 105 cm³/mol. The minimum atomic E-state index is 0.0200. The Balaban J connectivity index is 1.75. The highest BCUT2D eigenvalue weighted by atomic mass is 32.2. The molecule has 1 aromatic rings. The van der Waals surface area contributed by atoms with Crippen LogP contribution in [0.25, 0.3) is 0 Å². The number of amides is 1. The Morgan fingerprint density at radius 2 is 2.29 bits per heavy atom. The van der Waals surface area contributed by atoms with Crippen molar-refractivity contribution in [2.45, 2.75) is 50.7 Å². The summed E-state index contributed by atoms with van der Waals surface area (Å²) in [5, 5.41) is 3.57. The molecule has 2 heterocycles. The van der Waals surface area contributed by atoms with E-state index in [0.717, 1.165) is 34.8 Å². The van der Waals surface area contributed by atoms with E-state index in [1.807, 2.05) is 19.3 Å². The molecule has 0 fully saturated rings. The van der Waals surface area contributed by atoms with Gasteiger partial charge < -0.3 is 5.32 Å². The van der Waals surface area contributed by atoms with E-state index >= 15 is 0 Å². The third-order valence-corrected chi connectivity index (χ3v) is 5.84. The van der Waals surface area contributed by atoms with Crippen LogP contribution in [0.15, 0.2) is 39.3 Å². The fourth-order valence-electron chi connectivity index (χ4n) is 2.53. The van der Waals surface area contributed by atoms with Crippen LogP contribution in [-0.4, -0.2) is 22.4 Å². The number of carbonyl (C=O) groups is 1. The van der Waals surface area contributed by atoms with Gasteiger partial charge in [-0.05, 0) is 31.3 Å². The summed E-state index contributed by atoms with van der Waals surface area (Å²) in [5.74, 6) is 1.20. The zero-order chi connectivity index (χ0) is 17.5. The van der Waals surface area contributed by atoms with Crippen molar-refractivity contribution in [3.63, 3.8) is 0 Å². The van der Waals surface area contributed by atoms with Gasteiger partial charge in [0.25, 0.3) is 0 Å². The molecule has 1 atom stereocenters. The first-order valence-corrected chi connectivity index (χ1v) is 10.0. The number of aromatic nitrogens is 1. The lowest BCUT2D eigenvalue weighted by Gasteiger charge is -2.09. The predicted octanol–water partition coefficient (Wildman–Crippen LogP) is 5.30. The number of allylic oxidation sites excluding steroid dienone is 2. The smallest absolute Gasteiger partial charge is 0.226 e. The number of nitrogens with one attached hydrogen (secondary N) is 1. The number of hydrogen-bond donors (Lipinski definition) is 1. The molecule has 0 aliphatic carbocycles. The monoisotopic (exact) mass is 363 g/mol. The second kappa shape index (κ2) is 9.18. The SMILES string of the molecule is C=C(C)CC(C)CC(=O)Nc1ncc(SCC2=NC=C(CC)C2)s1. The van der Waals surface area contributed by atoms with Crippen molar-refractivity contribution >= 4 is 39.8 Å². The number of nitrogens with zero attached hydrogens (tertiary/aromatic N) is 2. The van der Waals surface area contributed by atoms with Crippen molar-refractivity contribution in [3.05, 3.63) is 30.1 Å². The molecule has 2 rings (SSSR count). The molecule has 6 heteroatoms. The maximum Gasteiger partial charge on any atom is 0.226 e. The average molecular weight is 364 g/mol. The normalized spacial score (nSPS) is 15.0. The summed E-state index contributed by atoms with van der Waals surface area (Å²) in [5.41, 5.74) is 3.72. The second-order valence-corrected chi connectivity index (χ2v) is 8.61. The number of rotatable bonds is 9. The molecule has 1 unspecified atom stereocenters. The molecule has 1 aromatic heterocycles. The topological polar surface area (TPSA) is 54.4 Å². The maximum atomic E-state index is 12.0. The lowest BCUT2D eigenvalue weighted by Crippen LogP contribution is -2.15. The third-order valence-electron chi connectivity index (χ3n) is 3.66. The molecule has 1 N–H and O–H groups in total. The highest BCUT2D eigenvalue weighted by Crippen LogP contribution is 2.30. The Labute approximate surface area is 152 Å². The number of hydrogen-bond acceptors (Lipinski definition) is 5. The van der Waals surface area contributed by atoms with Gasteiger partial charge in [0.15, 0.2) is 5.13 Å². The average Bonchev–Trinajstić information content (AvgIpc) is 3.12. The van der Waals surface area contributed by atoms with Crippen LogP contribution < -0.4 is 5.32 Å². The molecule has 24 heavy (non-hydrogen) atoms. The number of thiazole rings is 1. The van der Waals surface area contributed by atoms with Gasteiger partial charge in [-0.3, -0.25) is 9.79 Å². The highest BCUT2D eigenvalue weighted by Gasteiger charge is 2.13. The van der Waals surface area contributed by atoms with E-state index in [-0.39, 0.29) is 5.91 Å². The van der Waals surface area contributed by atoms with E-state index < -0.39 is 0 Å². The lowest BCUT2D eigenvalue weighted by atomic mass is 10.00. The Bertz CT molecular complexity index is 661. The zero-order valence-corrected chi connectivity index (χ0v) is 16.2. The summed E-state index contributed by atoms with van der Waals surface area (Å²) in [6.07, 6.45) is 7.25. The fourth-order valence-corrected chi connectivity index (χ4v) is 4.36. The Morgan fingerprint density at radius 3 is 2.96 bits per heavy atom. The van der Waals surface area contributed by atoms with Crippen molar-refractivity contribution in [1.29, 1.82) is 0 Å². The first-order chi connectivity index (χ1) is 11.5. The van der Waals surface area contributed by atoms with Crippen LogP contribution in [0.4, 0.5) is 5.13 Å². The van der Waals surface area contributed by atoms with Crippen molar-refractivity contribution in [2.75, 3.05) is 11.1 Å². The summed E-state index contributed by atoms with van der Waals surface area (Å²) in [6.45, 7) is 10.1. The maximum absolute atomic E-state index is 12.0. The molecule has 1 aliphatic rings. The van der Waals surface area contributed by atoms with Gasteiger partial charge in [0.05, 0.1) is 10.4 Å². The summed E-state index contributed by atoms with van der Waals surface area (Å²) < 4.78 is 1.10. The second-order valence-electron chi connectivity index (χ2n) is 6.30. The molecule has 0 bridgehead atoms. The van der Waals surface area contributed by atoms with E-state index in [4.69, 9.17) is 0 Å². The summed E-state index contributed by atoms with van der Waals surface area (Å²) in [6, 6.07) is 0. The van der Waals surface area contributed by atoms with Crippen LogP contribution in [0.3, 0.4) is 0 Å². The van der Waals surface area contributed by atoms with E-state index in [1.165, 1.54) is 22.6 Å². The third kappa shape index (κ3) is 6.24. The van der Waals surface area contributed by atoms with Crippen LogP contribution in [0, 0.1) is 5.92 Å². The van der Waals surface area contributed by atoms with Gasteiger partial charge in [0.2, 0.25) is 5.91 Å². The van der Waals surface area contributed by atoms with Gasteiger partial charge in [0, 0.05) is 30.5 Å². The quantitative estimate of drug-likeness (QED) is 0.478. The summed E-state index contributed by atoms with van der Waals surface area (Å²) in [4.78, 5) is 20.8. The molecule has 0 spiro atoms. The summed E-state index contributed by atoms with van der Waals surface area (Å²) >= 11 is 3.25. The number of anilines is 1.